The maximum atomic E-state index is 8.58. The van der Waals surface area contributed by atoms with Crippen LogP contribution in [-0.4, -0.2) is 10.9 Å². The van der Waals surface area contributed by atoms with Crippen molar-refractivity contribution in [1.29, 1.82) is 0 Å². The lowest BCUT2D eigenvalue weighted by Gasteiger charge is -2.00. The van der Waals surface area contributed by atoms with E-state index in [2.05, 4.69) is 17.3 Å². The van der Waals surface area contributed by atoms with Crippen LogP contribution in [0.5, 0.6) is 0 Å². The van der Waals surface area contributed by atoms with Crippen molar-refractivity contribution in [2.45, 2.75) is 25.7 Å². The third-order valence-corrected chi connectivity index (χ3v) is 3.20. The van der Waals surface area contributed by atoms with E-state index < -0.39 is 0 Å². The van der Waals surface area contributed by atoms with Gasteiger partial charge in [0.05, 0.1) is 5.71 Å². The van der Waals surface area contributed by atoms with Crippen molar-refractivity contribution in [3.63, 3.8) is 0 Å². The van der Waals surface area contributed by atoms with E-state index in [1.807, 2.05) is 19.1 Å². The molecule has 0 radical (unpaired) electrons. The first-order valence-electron chi connectivity index (χ1n) is 5.13. The van der Waals surface area contributed by atoms with Crippen LogP contribution in [0.25, 0.3) is 0 Å². The van der Waals surface area contributed by atoms with Gasteiger partial charge < -0.3 is 5.21 Å². The summed E-state index contributed by atoms with van der Waals surface area (Å²) in [4.78, 5) is 0. The summed E-state index contributed by atoms with van der Waals surface area (Å²) in [5.74, 6) is 1.26. The molecule has 1 N–H and O–H groups in total. The van der Waals surface area contributed by atoms with Gasteiger partial charge in [-0.2, -0.15) is 0 Å². The molecule has 2 rings (SSSR count). The molecule has 1 fully saturated rings. The summed E-state index contributed by atoms with van der Waals surface area (Å²) in [6, 6.07) is 8.02. The van der Waals surface area contributed by atoms with E-state index >= 15 is 0 Å². The van der Waals surface area contributed by atoms with Gasteiger partial charge in [0.15, 0.2) is 0 Å². The van der Waals surface area contributed by atoms with Crippen LogP contribution in [0.3, 0.4) is 0 Å². The van der Waals surface area contributed by atoms with E-state index in [9.17, 15) is 0 Å². The normalized spacial score (nSPS) is 25.3. The predicted octanol–water partition coefficient (Wildman–Crippen LogP) is 3.68. The average Bonchev–Trinajstić information content (AvgIpc) is 2.98. The molecule has 0 aliphatic heterocycles. The molecule has 0 bridgehead atoms. The second-order valence-electron chi connectivity index (χ2n) is 4.19. The van der Waals surface area contributed by atoms with Gasteiger partial charge in [0, 0.05) is 5.02 Å². The van der Waals surface area contributed by atoms with Gasteiger partial charge in [-0.05, 0) is 49.3 Å². The molecule has 1 aromatic rings. The number of halogens is 1. The van der Waals surface area contributed by atoms with Crippen LogP contribution in [0.4, 0.5) is 0 Å². The SMILES string of the molecule is CC(CC1CC1c1ccc(Cl)cc1)=NO. The third kappa shape index (κ3) is 2.51. The summed E-state index contributed by atoms with van der Waals surface area (Å²) >= 11 is 5.83. The molecule has 0 heterocycles. The van der Waals surface area contributed by atoms with Crippen molar-refractivity contribution in [3.8, 4) is 0 Å². The molecule has 2 nitrogen and oxygen atoms in total. The molecule has 1 aromatic carbocycles. The van der Waals surface area contributed by atoms with Crippen LogP contribution in [-0.2, 0) is 0 Å². The fourth-order valence-electron chi connectivity index (χ4n) is 2.01. The number of rotatable bonds is 3. The van der Waals surface area contributed by atoms with Crippen LogP contribution in [0.2, 0.25) is 5.02 Å². The first-order valence-corrected chi connectivity index (χ1v) is 5.51. The van der Waals surface area contributed by atoms with E-state index in [4.69, 9.17) is 16.8 Å². The highest BCUT2D eigenvalue weighted by Crippen LogP contribution is 2.49. The predicted molar refractivity (Wildman–Crippen MR) is 61.8 cm³/mol. The Morgan fingerprint density at radius 2 is 2.13 bits per heavy atom. The van der Waals surface area contributed by atoms with Crippen LogP contribution in [0.1, 0.15) is 31.2 Å². The Morgan fingerprint density at radius 3 is 2.73 bits per heavy atom. The third-order valence-electron chi connectivity index (χ3n) is 2.95. The molecular formula is C12H14ClNO. The smallest absolute Gasteiger partial charge is 0.0543 e. The Bertz CT molecular complexity index is 372. The van der Waals surface area contributed by atoms with Crippen molar-refractivity contribution in [1.82, 2.24) is 0 Å². The van der Waals surface area contributed by atoms with E-state index in [1.165, 1.54) is 12.0 Å². The minimum Gasteiger partial charge on any atom is -0.411 e. The van der Waals surface area contributed by atoms with E-state index in [0.717, 1.165) is 17.2 Å². The second-order valence-corrected chi connectivity index (χ2v) is 4.63. The highest BCUT2D eigenvalue weighted by molar-refractivity contribution is 6.30. The lowest BCUT2D eigenvalue weighted by Crippen LogP contribution is -1.94. The Hall–Kier alpha value is -1.02. The van der Waals surface area contributed by atoms with Gasteiger partial charge in [-0.25, -0.2) is 0 Å². The monoisotopic (exact) mass is 223 g/mol. The summed E-state index contributed by atoms with van der Waals surface area (Å²) in [5.41, 5.74) is 2.16. The lowest BCUT2D eigenvalue weighted by molar-refractivity contribution is 0.317. The molecule has 0 aromatic heterocycles. The molecule has 80 valence electrons. The zero-order chi connectivity index (χ0) is 10.8. The molecule has 2 unspecified atom stereocenters. The largest absolute Gasteiger partial charge is 0.411 e. The van der Waals surface area contributed by atoms with Crippen molar-refractivity contribution in [2.75, 3.05) is 0 Å². The summed E-state index contributed by atoms with van der Waals surface area (Å²) in [6.45, 7) is 1.86. The molecule has 1 aliphatic carbocycles. The highest BCUT2D eigenvalue weighted by atomic mass is 35.5. The summed E-state index contributed by atoms with van der Waals surface area (Å²) in [6.07, 6.45) is 2.08. The van der Waals surface area contributed by atoms with Crippen LogP contribution in [0.15, 0.2) is 29.4 Å². The Morgan fingerprint density at radius 1 is 1.47 bits per heavy atom. The number of benzene rings is 1. The first kappa shape index (κ1) is 10.5. The van der Waals surface area contributed by atoms with Gasteiger partial charge in [-0.3, -0.25) is 0 Å². The van der Waals surface area contributed by atoms with Crippen LogP contribution >= 0.6 is 11.6 Å². The lowest BCUT2D eigenvalue weighted by atomic mass is 10.1. The molecular weight excluding hydrogens is 210 g/mol. The Kier molecular flexibility index (Phi) is 2.96. The van der Waals surface area contributed by atoms with Gasteiger partial charge >= 0.3 is 0 Å². The first-order chi connectivity index (χ1) is 7.20. The molecule has 3 heteroatoms. The summed E-state index contributed by atoms with van der Waals surface area (Å²) in [7, 11) is 0. The van der Waals surface area contributed by atoms with Gasteiger partial charge in [0.25, 0.3) is 0 Å². The second kappa shape index (κ2) is 4.23. The van der Waals surface area contributed by atoms with Crippen molar-refractivity contribution < 1.29 is 5.21 Å². The molecule has 0 amide bonds. The Labute approximate surface area is 94.6 Å². The average molecular weight is 224 g/mol. The zero-order valence-electron chi connectivity index (χ0n) is 8.65. The van der Waals surface area contributed by atoms with Gasteiger partial charge in [-0.1, -0.05) is 28.9 Å². The minimum atomic E-state index is 0.624. The van der Waals surface area contributed by atoms with E-state index in [0.29, 0.717) is 11.8 Å². The van der Waals surface area contributed by atoms with Gasteiger partial charge in [0.1, 0.15) is 0 Å². The quantitative estimate of drug-likeness (QED) is 0.473. The van der Waals surface area contributed by atoms with Gasteiger partial charge in [-0.15, -0.1) is 0 Å². The topological polar surface area (TPSA) is 32.6 Å². The fourth-order valence-corrected chi connectivity index (χ4v) is 2.14. The van der Waals surface area contributed by atoms with E-state index in [-0.39, 0.29) is 0 Å². The molecule has 0 spiro atoms. The maximum absolute atomic E-state index is 8.58. The van der Waals surface area contributed by atoms with Crippen LogP contribution in [0, 0.1) is 5.92 Å². The minimum absolute atomic E-state index is 0.624. The number of hydrogen-bond acceptors (Lipinski definition) is 2. The Balaban J connectivity index is 1.96. The standard InChI is InChI=1S/C12H14ClNO/c1-8(14-15)6-10-7-12(10)9-2-4-11(13)5-3-9/h2-5,10,12,15H,6-7H2,1H3. The van der Waals surface area contributed by atoms with Gasteiger partial charge in [0.2, 0.25) is 0 Å². The highest BCUT2D eigenvalue weighted by Gasteiger charge is 2.38. The zero-order valence-corrected chi connectivity index (χ0v) is 9.41. The van der Waals surface area contributed by atoms with Crippen molar-refractivity contribution in [2.24, 2.45) is 11.1 Å². The maximum Gasteiger partial charge on any atom is 0.0543 e. The summed E-state index contributed by atoms with van der Waals surface area (Å²) < 4.78 is 0. The van der Waals surface area contributed by atoms with Crippen LogP contribution < -0.4 is 0 Å². The fraction of sp³-hybridized carbons (Fsp3) is 0.417. The van der Waals surface area contributed by atoms with Crippen molar-refractivity contribution in [3.05, 3.63) is 34.9 Å². The van der Waals surface area contributed by atoms with Crippen molar-refractivity contribution >= 4 is 17.3 Å². The molecule has 2 atom stereocenters. The number of oxime groups is 1. The summed E-state index contributed by atoms with van der Waals surface area (Å²) in [5, 5.41) is 12.6. The number of nitrogens with zero attached hydrogens (tertiary/aromatic N) is 1. The molecule has 1 aliphatic rings. The van der Waals surface area contributed by atoms with E-state index in [1.54, 1.807) is 0 Å². The number of hydrogen-bond donors (Lipinski definition) is 1. The molecule has 15 heavy (non-hydrogen) atoms. The molecule has 1 saturated carbocycles. The molecule has 0 saturated heterocycles.